The first-order valence-electron chi connectivity index (χ1n) is 9.40. The monoisotopic (exact) mass is 372 g/mol. The van der Waals surface area contributed by atoms with E-state index < -0.39 is 0 Å². The molecule has 0 aliphatic rings. The van der Waals surface area contributed by atoms with E-state index in [9.17, 15) is 4.79 Å². The number of nitrogens with two attached hydrogens (primary N) is 1. The number of aliphatic imine (C=N–C) groups is 1. The fourth-order valence-electron chi connectivity index (χ4n) is 1.46. The third kappa shape index (κ3) is 16.7. The van der Waals surface area contributed by atoms with Gasteiger partial charge in [-0.2, -0.15) is 4.99 Å². The summed E-state index contributed by atoms with van der Waals surface area (Å²) in [4.78, 5) is 14.0. The molecule has 0 unspecified atom stereocenters. The van der Waals surface area contributed by atoms with Crippen LogP contribution in [0.15, 0.2) is 4.99 Å². The molecule has 26 heavy (non-hydrogen) atoms. The van der Waals surface area contributed by atoms with Crippen molar-refractivity contribution in [3.8, 4) is 0 Å². The molecule has 0 amide bonds. The van der Waals surface area contributed by atoms with Crippen LogP contribution in [0.4, 0.5) is 0 Å². The zero-order chi connectivity index (χ0) is 21.4. The zero-order valence-electron chi connectivity index (χ0n) is 19.3. The second-order valence-electron chi connectivity index (χ2n) is 10.9. The van der Waals surface area contributed by atoms with Gasteiger partial charge in [0.15, 0.2) is 0 Å². The number of rotatable bonds is 5. The smallest absolute Gasteiger partial charge is 0.235 e. The van der Waals surface area contributed by atoms with Crippen molar-refractivity contribution in [1.82, 2.24) is 0 Å². The maximum atomic E-state index is 10.2. The molecule has 2 N–H and O–H groups in total. The minimum atomic E-state index is -0.193. The molecule has 0 bridgehead atoms. The van der Waals surface area contributed by atoms with Crippen LogP contribution >= 0.6 is 0 Å². The van der Waals surface area contributed by atoms with Crippen LogP contribution in [-0.4, -0.2) is 42.6 Å². The number of nitrogens with zero attached hydrogens (tertiary/aromatic N) is 1. The van der Waals surface area contributed by atoms with Gasteiger partial charge < -0.3 is 15.2 Å². The molecule has 0 heterocycles. The van der Waals surface area contributed by atoms with E-state index in [1.165, 1.54) is 0 Å². The van der Waals surface area contributed by atoms with Crippen LogP contribution < -0.4 is 5.73 Å². The van der Waals surface area contributed by atoms with E-state index in [0.29, 0.717) is 13.2 Å². The third-order valence-corrected chi connectivity index (χ3v) is 3.69. The molecule has 2 atom stereocenters. The first-order chi connectivity index (χ1) is 11.3. The summed E-state index contributed by atoms with van der Waals surface area (Å²) < 4.78 is 11.2. The van der Waals surface area contributed by atoms with Gasteiger partial charge in [0.05, 0.1) is 30.5 Å². The Bertz CT molecular complexity index is 428. The summed E-state index contributed by atoms with van der Waals surface area (Å²) in [6, 6.07) is -0.0176. The van der Waals surface area contributed by atoms with E-state index in [0.717, 1.165) is 0 Å². The van der Waals surface area contributed by atoms with Gasteiger partial charge in [-0.3, -0.25) is 0 Å². The normalized spacial score (nSPS) is 15.4. The lowest BCUT2D eigenvalue weighted by Crippen LogP contribution is -2.41. The average molecular weight is 373 g/mol. The maximum Gasteiger partial charge on any atom is 0.235 e. The van der Waals surface area contributed by atoms with Crippen LogP contribution in [0, 0.1) is 10.8 Å². The molecule has 0 aliphatic heterocycles. The Morgan fingerprint density at radius 2 is 1.15 bits per heavy atom. The number of ether oxygens (including phenoxy) is 2. The van der Waals surface area contributed by atoms with Crippen LogP contribution in [0.1, 0.15) is 83.1 Å². The molecule has 5 nitrogen and oxygen atoms in total. The molecule has 0 fully saturated rings. The summed E-state index contributed by atoms with van der Waals surface area (Å²) in [6.07, 6.45) is 1.61. The molecule has 0 aromatic rings. The molecule has 0 aromatic carbocycles. The van der Waals surface area contributed by atoms with E-state index in [1.807, 2.05) is 62.3 Å². The minimum absolute atomic E-state index is 0.0668. The maximum absolute atomic E-state index is 10.2. The lowest BCUT2D eigenvalue weighted by atomic mass is 9.87. The van der Waals surface area contributed by atoms with Gasteiger partial charge in [-0.25, -0.2) is 4.79 Å². The fourth-order valence-corrected chi connectivity index (χ4v) is 1.46. The Kier molecular flexibility index (Phi) is 11.2. The second-order valence-corrected chi connectivity index (χ2v) is 10.9. The van der Waals surface area contributed by atoms with Gasteiger partial charge in [-0.05, 0) is 52.4 Å². The minimum Gasteiger partial charge on any atom is -0.374 e. The largest absolute Gasteiger partial charge is 0.374 e. The second kappa shape index (κ2) is 10.6. The summed E-state index contributed by atoms with van der Waals surface area (Å²) in [5, 5.41) is 0. The molecule has 5 heteroatoms. The third-order valence-electron chi connectivity index (χ3n) is 3.69. The molecular formula is C21H44N2O3. The first-order valence-corrected chi connectivity index (χ1v) is 9.40. The van der Waals surface area contributed by atoms with Gasteiger partial charge in [0.2, 0.25) is 6.08 Å². The Balaban J connectivity index is 0. The lowest BCUT2D eigenvalue weighted by Gasteiger charge is -2.30. The Labute approximate surface area is 162 Å². The van der Waals surface area contributed by atoms with Crippen molar-refractivity contribution in [3.05, 3.63) is 0 Å². The van der Waals surface area contributed by atoms with E-state index in [1.54, 1.807) is 6.08 Å². The van der Waals surface area contributed by atoms with Gasteiger partial charge in [0.1, 0.15) is 0 Å². The average Bonchev–Trinajstić information content (AvgIpc) is 2.37. The highest BCUT2D eigenvalue weighted by Gasteiger charge is 2.26. The van der Waals surface area contributed by atoms with E-state index in [2.05, 4.69) is 25.8 Å². The molecule has 0 aliphatic carbocycles. The van der Waals surface area contributed by atoms with Crippen LogP contribution in [-0.2, 0) is 14.3 Å². The number of hydrogen-bond donors (Lipinski definition) is 1. The van der Waals surface area contributed by atoms with E-state index in [4.69, 9.17) is 15.2 Å². The van der Waals surface area contributed by atoms with E-state index >= 15 is 0 Å². The molecule has 0 aromatic heterocycles. The van der Waals surface area contributed by atoms with Crippen LogP contribution in [0.2, 0.25) is 0 Å². The quantitative estimate of drug-likeness (QED) is 0.559. The van der Waals surface area contributed by atoms with Gasteiger partial charge in [0, 0.05) is 6.04 Å². The number of carbonyl (C=O) groups excluding carboxylic acids is 1. The van der Waals surface area contributed by atoms with Crippen molar-refractivity contribution in [2.75, 3.05) is 13.2 Å². The van der Waals surface area contributed by atoms with Gasteiger partial charge in [0.25, 0.3) is 0 Å². The van der Waals surface area contributed by atoms with Gasteiger partial charge >= 0.3 is 0 Å². The fraction of sp³-hybridized carbons (Fsp3) is 0.952. The molecule has 0 spiro atoms. The highest BCUT2D eigenvalue weighted by atomic mass is 16.5. The highest BCUT2D eigenvalue weighted by Crippen LogP contribution is 2.23. The zero-order valence-corrected chi connectivity index (χ0v) is 19.3. The Hall–Kier alpha value is -0.740. The SMILES string of the molecule is CC(C)(C)OC[C@@H](N)C(C)(C)C.CC(C)(C)OC[C@@H](N=C=O)C(C)(C)C. The molecule has 0 saturated carbocycles. The van der Waals surface area contributed by atoms with Gasteiger partial charge in [-0.15, -0.1) is 0 Å². The molecular weight excluding hydrogens is 328 g/mol. The van der Waals surface area contributed by atoms with Crippen LogP contribution in [0.3, 0.4) is 0 Å². The van der Waals surface area contributed by atoms with E-state index in [-0.39, 0.29) is 34.1 Å². The summed E-state index contributed by atoms with van der Waals surface area (Å²) in [6.45, 7) is 25.7. The van der Waals surface area contributed by atoms with Crippen molar-refractivity contribution >= 4 is 6.08 Å². The predicted molar refractivity (Wildman–Crippen MR) is 110 cm³/mol. The summed E-state index contributed by atoms with van der Waals surface area (Å²) >= 11 is 0. The van der Waals surface area contributed by atoms with Crippen molar-refractivity contribution in [2.45, 2.75) is 106 Å². The Morgan fingerprint density at radius 3 is 1.42 bits per heavy atom. The molecule has 0 rings (SSSR count). The summed E-state index contributed by atoms with van der Waals surface area (Å²) in [7, 11) is 0. The van der Waals surface area contributed by atoms with Gasteiger partial charge in [-0.1, -0.05) is 41.5 Å². The topological polar surface area (TPSA) is 73.9 Å². The first kappa shape index (κ1) is 27.5. The summed E-state index contributed by atoms with van der Waals surface area (Å²) in [5.74, 6) is 0. The Morgan fingerprint density at radius 1 is 0.769 bits per heavy atom. The van der Waals surface area contributed by atoms with Crippen molar-refractivity contribution in [1.29, 1.82) is 0 Å². The standard InChI is InChI=1S/C11H21NO2.C10H23NO/c1-10(2,3)9(12-8-13)7-14-11(4,5)6;1-9(2,3)8(11)7-12-10(4,5)6/h9H,7H2,1-6H3;8H,7,11H2,1-6H3/t9-;8-/m11/s1. The number of hydrogen-bond acceptors (Lipinski definition) is 5. The molecule has 0 radical (unpaired) electrons. The molecule has 156 valence electrons. The van der Waals surface area contributed by atoms with Crippen LogP contribution in [0.5, 0.6) is 0 Å². The van der Waals surface area contributed by atoms with Crippen molar-refractivity contribution in [2.24, 2.45) is 21.6 Å². The molecule has 0 saturated heterocycles. The van der Waals surface area contributed by atoms with Crippen LogP contribution in [0.25, 0.3) is 0 Å². The summed E-state index contributed by atoms with van der Waals surface area (Å²) in [5.41, 5.74) is 5.72. The van der Waals surface area contributed by atoms with Crippen molar-refractivity contribution < 1.29 is 14.3 Å². The highest BCUT2D eigenvalue weighted by molar-refractivity contribution is 5.33. The predicted octanol–water partition coefficient (Wildman–Crippen LogP) is 4.73. The number of isocyanates is 1. The van der Waals surface area contributed by atoms with Crippen molar-refractivity contribution in [3.63, 3.8) is 0 Å². The lowest BCUT2D eigenvalue weighted by molar-refractivity contribution is -0.0228.